The smallest absolute Gasteiger partial charge is 0.410 e. The van der Waals surface area contributed by atoms with E-state index in [0.717, 1.165) is 6.42 Å². The molecule has 136 valence electrons. The van der Waals surface area contributed by atoms with Crippen molar-refractivity contribution in [1.82, 2.24) is 4.90 Å². The molecule has 0 bridgehead atoms. The summed E-state index contributed by atoms with van der Waals surface area (Å²) in [7, 11) is -0.225. The second-order valence-electron chi connectivity index (χ2n) is 8.90. The Kier molecular flexibility index (Phi) is 6.32. The molecule has 1 aliphatic rings. The molecule has 0 aromatic heterocycles. The minimum Gasteiger partial charge on any atom is -0.444 e. The monoisotopic (exact) mass is 345 g/mol. The van der Waals surface area contributed by atoms with Crippen molar-refractivity contribution in [3.05, 3.63) is 0 Å². The van der Waals surface area contributed by atoms with E-state index in [1.54, 1.807) is 12.0 Å². The SMILES string of the molecule is COCC1C(O[Si](C)(C)C(C)(C)C)CCN1C(=O)OC(C)(C)C. The van der Waals surface area contributed by atoms with Gasteiger partial charge in [-0.05, 0) is 45.3 Å². The molecule has 1 saturated heterocycles. The average molecular weight is 346 g/mol. The van der Waals surface area contributed by atoms with Crippen LogP contribution in [0.1, 0.15) is 48.0 Å². The van der Waals surface area contributed by atoms with E-state index in [1.165, 1.54) is 0 Å². The molecule has 1 heterocycles. The number of likely N-dealkylation sites (tertiary alicyclic amines) is 1. The van der Waals surface area contributed by atoms with Gasteiger partial charge in [0.2, 0.25) is 0 Å². The van der Waals surface area contributed by atoms with Crippen LogP contribution < -0.4 is 0 Å². The van der Waals surface area contributed by atoms with Crippen LogP contribution in [0.5, 0.6) is 0 Å². The number of amides is 1. The predicted molar refractivity (Wildman–Crippen MR) is 95.3 cm³/mol. The van der Waals surface area contributed by atoms with Gasteiger partial charge in [0, 0.05) is 13.7 Å². The second kappa shape index (κ2) is 7.11. The van der Waals surface area contributed by atoms with Crippen LogP contribution in [0.15, 0.2) is 0 Å². The Bertz CT molecular complexity index is 412. The highest BCUT2D eigenvalue weighted by molar-refractivity contribution is 6.74. The topological polar surface area (TPSA) is 48.0 Å². The van der Waals surface area contributed by atoms with Gasteiger partial charge in [0.25, 0.3) is 0 Å². The van der Waals surface area contributed by atoms with Crippen molar-refractivity contribution < 1.29 is 18.7 Å². The first kappa shape index (κ1) is 20.5. The van der Waals surface area contributed by atoms with Gasteiger partial charge in [-0.1, -0.05) is 20.8 Å². The molecule has 0 aliphatic carbocycles. The third kappa shape index (κ3) is 5.47. The zero-order valence-corrected chi connectivity index (χ0v) is 17.4. The average Bonchev–Trinajstić information content (AvgIpc) is 2.68. The lowest BCUT2D eigenvalue weighted by Gasteiger charge is -2.40. The number of ether oxygens (including phenoxy) is 2. The summed E-state index contributed by atoms with van der Waals surface area (Å²) in [6, 6.07) is -0.0797. The van der Waals surface area contributed by atoms with E-state index >= 15 is 0 Å². The van der Waals surface area contributed by atoms with Gasteiger partial charge in [-0.15, -0.1) is 0 Å². The Morgan fingerprint density at radius 2 is 1.74 bits per heavy atom. The first-order valence-corrected chi connectivity index (χ1v) is 11.4. The normalized spacial score (nSPS) is 23.3. The van der Waals surface area contributed by atoms with E-state index in [-0.39, 0.29) is 23.3 Å². The quantitative estimate of drug-likeness (QED) is 0.722. The van der Waals surface area contributed by atoms with Crippen molar-refractivity contribution >= 4 is 14.4 Å². The van der Waals surface area contributed by atoms with Crippen LogP contribution in [0.25, 0.3) is 0 Å². The Balaban J connectivity index is 2.86. The Hall–Kier alpha value is -0.593. The number of rotatable bonds is 4. The van der Waals surface area contributed by atoms with Gasteiger partial charge in [-0.25, -0.2) is 4.79 Å². The number of methoxy groups -OCH3 is 1. The van der Waals surface area contributed by atoms with Gasteiger partial charge >= 0.3 is 6.09 Å². The molecule has 0 aromatic rings. The van der Waals surface area contributed by atoms with Crippen LogP contribution in [0.4, 0.5) is 4.79 Å². The predicted octanol–water partition coefficient (Wildman–Crippen LogP) is 4.03. The van der Waals surface area contributed by atoms with Gasteiger partial charge in [-0.2, -0.15) is 0 Å². The number of nitrogens with zero attached hydrogens (tertiary/aromatic N) is 1. The Morgan fingerprint density at radius 1 is 1.17 bits per heavy atom. The van der Waals surface area contributed by atoms with Gasteiger partial charge in [-0.3, -0.25) is 0 Å². The fourth-order valence-electron chi connectivity index (χ4n) is 2.43. The van der Waals surface area contributed by atoms with Crippen molar-refractivity contribution in [2.75, 3.05) is 20.3 Å². The molecule has 5 nitrogen and oxygen atoms in total. The van der Waals surface area contributed by atoms with Crippen LogP contribution in [0.3, 0.4) is 0 Å². The third-order valence-electron chi connectivity index (χ3n) is 4.70. The first-order valence-electron chi connectivity index (χ1n) is 8.45. The lowest BCUT2D eigenvalue weighted by Crippen LogP contribution is -2.50. The van der Waals surface area contributed by atoms with Crippen molar-refractivity contribution in [2.24, 2.45) is 0 Å². The third-order valence-corrected chi connectivity index (χ3v) is 9.21. The maximum absolute atomic E-state index is 12.5. The van der Waals surface area contributed by atoms with Crippen molar-refractivity contribution in [2.45, 2.75) is 83.8 Å². The van der Waals surface area contributed by atoms with E-state index in [0.29, 0.717) is 13.2 Å². The Morgan fingerprint density at radius 3 is 2.17 bits per heavy atom. The zero-order valence-electron chi connectivity index (χ0n) is 16.4. The molecule has 1 fully saturated rings. The van der Waals surface area contributed by atoms with Crippen LogP contribution in [0, 0.1) is 0 Å². The highest BCUT2D eigenvalue weighted by Gasteiger charge is 2.45. The minimum absolute atomic E-state index is 0.0170. The Labute approximate surface area is 142 Å². The second-order valence-corrected chi connectivity index (χ2v) is 13.7. The van der Waals surface area contributed by atoms with E-state index < -0.39 is 13.9 Å². The fraction of sp³-hybridized carbons (Fsp3) is 0.941. The van der Waals surface area contributed by atoms with Gasteiger partial charge in [0.05, 0.1) is 18.8 Å². The molecule has 2 unspecified atom stereocenters. The number of carbonyl (C=O) groups excluding carboxylic acids is 1. The van der Waals surface area contributed by atoms with Crippen LogP contribution in [-0.4, -0.2) is 57.3 Å². The summed E-state index contributed by atoms with van der Waals surface area (Å²) < 4.78 is 17.4. The molecule has 1 amide bonds. The van der Waals surface area contributed by atoms with Gasteiger partial charge in [0.15, 0.2) is 8.32 Å². The summed E-state index contributed by atoms with van der Waals surface area (Å²) in [4.78, 5) is 14.2. The van der Waals surface area contributed by atoms with Gasteiger partial charge < -0.3 is 18.8 Å². The van der Waals surface area contributed by atoms with Crippen LogP contribution in [0.2, 0.25) is 18.1 Å². The van der Waals surface area contributed by atoms with E-state index in [9.17, 15) is 4.79 Å². The summed E-state index contributed by atoms with van der Waals surface area (Å²) >= 11 is 0. The molecule has 0 aromatic carbocycles. The number of hydrogen-bond acceptors (Lipinski definition) is 4. The molecule has 2 atom stereocenters. The first-order chi connectivity index (χ1) is 10.3. The molecule has 0 radical (unpaired) electrons. The largest absolute Gasteiger partial charge is 0.444 e. The maximum atomic E-state index is 12.5. The summed E-state index contributed by atoms with van der Waals surface area (Å²) in [5.74, 6) is 0. The number of carbonyl (C=O) groups is 1. The molecule has 23 heavy (non-hydrogen) atoms. The lowest BCUT2D eigenvalue weighted by molar-refractivity contribution is 0.00331. The van der Waals surface area contributed by atoms with E-state index in [4.69, 9.17) is 13.9 Å². The summed E-state index contributed by atoms with van der Waals surface area (Å²) in [5, 5.41) is 0.143. The molecule has 1 rings (SSSR count). The minimum atomic E-state index is -1.89. The number of hydrogen-bond donors (Lipinski definition) is 0. The highest BCUT2D eigenvalue weighted by atomic mass is 28.4. The molecule has 0 spiro atoms. The fourth-order valence-corrected chi connectivity index (χ4v) is 3.82. The maximum Gasteiger partial charge on any atom is 0.410 e. The zero-order chi connectivity index (χ0) is 18.1. The summed E-state index contributed by atoms with van der Waals surface area (Å²) in [6.45, 7) is 17.9. The summed E-state index contributed by atoms with van der Waals surface area (Å²) in [5.41, 5.74) is -0.493. The van der Waals surface area contributed by atoms with Crippen molar-refractivity contribution in [3.8, 4) is 0 Å². The molecule has 6 heteroatoms. The highest BCUT2D eigenvalue weighted by Crippen LogP contribution is 2.39. The molecule has 0 N–H and O–H groups in total. The molecule has 1 aliphatic heterocycles. The standard InChI is InChI=1S/C17H35NO4Si/c1-16(2,3)21-15(19)18-11-10-14(13(18)12-20-7)22-23(8,9)17(4,5)6/h13-14H,10-12H2,1-9H3. The molecular formula is C17H35NO4Si. The van der Waals surface area contributed by atoms with E-state index in [1.807, 2.05) is 20.8 Å². The van der Waals surface area contributed by atoms with Crippen LogP contribution >= 0.6 is 0 Å². The van der Waals surface area contributed by atoms with Crippen LogP contribution in [-0.2, 0) is 13.9 Å². The lowest BCUT2D eigenvalue weighted by atomic mass is 10.2. The van der Waals surface area contributed by atoms with Gasteiger partial charge in [0.1, 0.15) is 5.60 Å². The van der Waals surface area contributed by atoms with Crippen molar-refractivity contribution in [1.29, 1.82) is 0 Å². The summed E-state index contributed by atoms with van der Waals surface area (Å²) in [6.07, 6.45) is 0.573. The van der Waals surface area contributed by atoms with Crippen molar-refractivity contribution in [3.63, 3.8) is 0 Å². The molecular weight excluding hydrogens is 310 g/mol. The van der Waals surface area contributed by atoms with E-state index in [2.05, 4.69) is 33.9 Å². The molecule has 0 saturated carbocycles.